The van der Waals surface area contributed by atoms with Gasteiger partial charge in [0.1, 0.15) is 0 Å². The molecule has 15 heavy (non-hydrogen) atoms. The monoisotopic (exact) mass is 323 g/mol. The molecule has 0 aromatic heterocycles. The minimum absolute atomic E-state index is 0.208. The van der Waals surface area contributed by atoms with Crippen LogP contribution >= 0.6 is 0 Å². The third-order valence-corrected chi connectivity index (χ3v) is 7.07. The summed E-state index contributed by atoms with van der Waals surface area (Å²) in [6.45, 7) is 6.38. The van der Waals surface area contributed by atoms with Gasteiger partial charge in [0.05, 0.1) is 0 Å². The van der Waals surface area contributed by atoms with Crippen molar-refractivity contribution in [1.82, 2.24) is 5.32 Å². The van der Waals surface area contributed by atoms with Crippen LogP contribution in [-0.4, -0.2) is 36.6 Å². The minimum atomic E-state index is -1.65. The van der Waals surface area contributed by atoms with Gasteiger partial charge in [-0.25, -0.2) is 0 Å². The second kappa shape index (κ2) is 5.97. The summed E-state index contributed by atoms with van der Waals surface area (Å²) in [5.41, 5.74) is -0.208. The Kier molecular flexibility index (Phi) is 5.99. The molecule has 0 heterocycles. The molecule has 0 atom stereocenters. The first-order valence-corrected chi connectivity index (χ1v) is 16.1. The van der Waals surface area contributed by atoms with Gasteiger partial charge in [-0.05, 0) is 0 Å². The summed E-state index contributed by atoms with van der Waals surface area (Å²) in [7, 11) is 0. The van der Waals surface area contributed by atoms with Crippen molar-refractivity contribution in [3.05, 3.63) is 0 Å². The van der Waals surface area contributed by atoms with Crippen LogP contribution in [0.3, 0.4) is 0 Å². The van der Waals surface area contributed by atoms with Crippen molar-refractivity contribution in [3.63, 3.8) is 0 Å². The van der Waals surface area contributed by atoms with Crippen LogP contribution in [0.15, 0.2) is 0 Å². The normalized spacial score (nSPS) is 12.4. The van der Waals surface area contributed by atoms with Crippen molar-refractivity contribution in [2.24, 2.45) is 0 Å². The van der Waals surface area contributed by atoms with Gasteiger partial charge in [-0.2, -0.15) is 0 Å². The molecule has 0 aliphatic carbocycles. The maximum atomic E-state index is 11.3. The molecule has 0 aliphatic heterocycles. The molecule has 0 rings (SSSR count). The number of nitrogens with one attached hydrogen (secondary N) is 1. The average molecular weight is 322 g/mol. The number of carbonyl (C=O) groups excluding carboxylic acids is 1. The Hall–Kier alpha value is 0.0687. The van der Waals surface area contributed by atoms with E-state index < -0.39 is 18.4 Å². The third-order valence-electron chi connectivity index (χ3n) is 1.78. The molecule has 4 heteroatoms. The fourth-order valence-electron chi connectivity index (χ4n) is 1.11. The standard InChI is InChI=1S/C8H16NO2.3CH3.Sn/c1-5-6-11-7(10)9-8(2,3)4;;;;/h1,5-6H2,2-4H3,(H,9,10);3*1H3;. The van der Waals surface area contributed by atoms with E-state index in [-0.39, 0.29) is 11.6 Å². The molecule has 90 valence electrons. The van der Waals surface area contributed by atoms with Gasteiger partial charge in [-0.1, -0.05) is 0 Å². The summed E-state index contributed by atoms with van der Waals surface area (Å²) < 4.78 is 6.37. The fraction of sp³-hybridized carbons (Fsp3) is 0.909. The van der Waals surface area contributed by atoms with E-state index in [4.69, 9.17) is 4.74 Å². The molecule has 0 bridgehead atoms. The van der Waals surface area contributed by atoms with Gasteiger partial charge in [-0.3, -0.25) is 0 Å². The Bertz CT molecular complexity index is 204. The number of alkyl carbamates (subject to hydrolysis) is 1. The second-order valence-electron chi connectivity index (χ2n) is 6.18. The van der Waals surface area contributed by atoms with Crippen LogP contribution < -0.4 is 5.32 Å². The van der Waals surface area contributed by atoms with Crippen molar-refractivity contribution >= 4 is 24.5 Å². The summed E-state index contributed by atoms with van der Waals surface area (Å²) in [5.74, 6) is 0. The van der Waals surface area contributed by atoms with Crippen molar-refractivity contribution < 1.29 is 9.53 Å². The zero-order valence-electron chi connectivity index (χ0n) is 10.9. The number of hydrogen-bond donors (Lipinski definition) is 1. The van der Waals surface area contributed by atoms with Crippen molar-refractivity contribution in [1.29, 1.82) is 0 Å². The fourth-order valence-corrected chi connectivity index (χ4v) is 4.55. The second-order valence-corrected chi connectivity index (χ2v) is 22.2. The first-order chi connectivity index (χ1) is 6.60. The number of rotatable bonds is 4. The molecule has 0 radical (unpaired) electrons. The Labute approximate surface area is 97.8 Å². The van der Waals surface area contributed by atoms with Crippen LogP contribution in [0.4, 0.5) is 4.79 Å². The molecule has 0 unspecified atom stereocenters. The number of carbonyl (C=O) groups is 1. The molecule has 1 N–H and O–H groups in total. The van der Waals surface area contributed by atoms with Crippen molar-refractivity contribution in [2.45, 2.75) is 52.0 Å². The quantitative estimate of drug-likeness (QED) is 0.637. The van der Waals surface area contributed by atoms with Crippen LogP contribution in [-0.2, 0) is 4.74 Å². The molecule has 0 spiro atoms. The van der Waals surface area contributed by atoms with E-state index in [9.17, 15) is 4.79 Å². The summed E-state index contributed by atoms with van der Waals surface area (Å²) in [4.78, 5) is 18.4. The average Bonchev–Trinajstić information content (AvgIpc) is 1.92. The zero-order valence-corrected chi connectivity index (χ0v) is 13.8. The van der Waals surface area contributed by atoms with Gasteiger partial charge in [0.25, 0.3) is 0 Å². The predicted molar refractivity (Wildman–Crippen MR) is 67.0 cm³/mol. The van der Waals surface area contributed by atoms with Crippen molar-refractivity contribution in [3.8, 4) is 0 Å². The molecule has 0 saturated heterocycles. The van der Waals surface area contributed by atoms with E-state index in [1.165, 1.54) is 4.44 Å². The molecule has 1 amide bonds. The van der Waals surface area contributed by atoms with Crippen LogP contribution in [0.5, 0.6) is 0 Å². The molecule has 0 aliphatic rings. The van der Waals surface area contributed by atoms with E-state index in [1.807, 2.05) is 20.8 Å². The Morgan fingerprint density at radius 1 is 1.27 bits per heavy atom. The molecule has 0 aromatic carbocycles. The Balaban J connectivity index is 3.57. The summed E-state index contributed by atoms with van der Waals surface area (Å²) >= 11 is -1.65. The van der Waals surface area contributed by atoms with Gasteiger partial charge in [0, 0.05) is 0 Å². The van der Waals surface area contributed by atoms with E-state index in [1.54, 1.807) is 0 Å². The van der Waals surface area contributed by atoms with Crippen LogP contribution in [0.2, 0.25) is 19.3 Å². The summed E-state index contributed by atoms with van der Waals surface area (Å²) in [5, 5.41) is 2.77. The maximum absolute atomic E-state index is 11.3. The summed E-state index contributed by atoms with van der Waals surface area (Å²) in [6, 6.07) is 0. The van der Waals surface area contributed by atoms with Crippen LogP contribution in [0.1, 0.15) is 27.2 Å². The van der Waals surface area contributed by atoms with Crippen LogP contribution in [0, 0.1) is 0 Å². The number of ether oxygens (including phenoxy) is 1. The van der Waals surface area contributed by atoms with E-state index >= 15 is 0 Å². The molecule has 0 saturated carbocycles. The van der Waals surface area contributed by atoms with Gasteiger partial charge in [-0.15, -0.1) is 0 Å². The van der Waals surface area contributed by atoms with E-state index in [0.717, 1.165) is 6.42 Å². The van der Waals surface area contributed by atoms with E-state index in [0.29, 0.717) is 6.61 Å². The molecular formula is C11H25NO2Sn. The summed E-state index contributed by atoms with van der Waals surface area (Å²) in [6.07, 6.45) is 0.712. The molecule has 0 aromatic rings. The number of hydrogen-bond acceptors (Lipinski definition) is 2. The van der Waals surface area contributed by atoms with Crippen molar-refractivity contribution in [2.75, 3.05) is 6.61 Å². The Morgan fingerprint density at radius 2 is 1.80 bits per heavy atom. The van der Waals surface area contributed by atoms with Gasteiger partial charge in [0.15, 0.2) is 0 Å². The first-order valence-electron chi connectivity index (χ1n) is 5.55. The third kappa shape index (κ3) is 12.0. The topological polar surface area (TPSA) is 38.3 Å². The molecule has 3 nitrogen and oxygen atoms in total. The Morgan fingerprint density at radius 3 is 2.20 bits per heavy atom. The predicted octanol–water partition coefficient (Wildman–Crippen LogP) is 3.24. The van der Waals surface area contributed by atoms with Gasteiger partial charge >= 0.3 is 97.9 Å². The molecular weight excluding hydrogens is 297 g/mol. The zero-order chi connectivity index (χ0) is 12.1. The molecule has 0 fully saturated rings. The SMILES string of the molecule is CC(C)(C)NC(=O)OCC[CH2][Sn]([CH3])([CH3])[CH3]. The van der Waals surface area contributed by atoms with E-state index in [2.05, 4.69) is 20.1 Å². The van der Waals surface area contributed by atoms with Crippen LogP contribution in [0.25, 0.3) is 0 Å². The van der Waals surface area contributed by atoms with Gasteiger partial charge in [0.2, 0.25) is 0 Å². The van der Waals surface area contributed by atoms with Gasteiger partial charge < -0.3 is 0 Å². The first kappa shape index (κ1) is 15.1. The number of amides is 1.